The van der Waals surface area contributed by atoms with E-state index in [1.807, 2.05) is 13.0 Å². The normalized spacial score (nSPS) is 11.1. The van der Waals surface area contributed by atoms with E-state index in [1.165, 1.54) is 7.11 Å². The molecule has 1 rings (SSSR count). The fourth-order valence-electron chi connectivity index (χ4n) is 1.47. The summed E-state index contributed by atoms with van der Waals surface area (Å²) in [5.74, 6) is 0.311. The van der Waals surface area contributed by atoms with Gasteiger partial charge in [-0.1, -0.05) is 6.92 Å². The lowest BCUT2D eigenvalue weighted by Gasteiger charge is -2.07. The molecule has 0 unspecified atom stereocenters. The fourth-order valence-corrected chi connectivity index (χ4v) is 1.47. The molecule has 4 heteroatoms. The third-order valence-electron chi connectivity index (χ3n) is 2.42. The molecule has 0 aliphatic rings. The van der Waals surface area contributed by atoms with Gasteiger partial charge in [0.15, 0.2) is 0 Å². The summed E-state index contributed by atoms with van der Waals surface area (Å²) in [4.78, 5) is 11.5. The van der Waals surface area contributed by atoms with Gasteiger partial charge in [-0.3, -0.25) is 0 Å². The second-order valence-corrected chi connectivity index (χ2v) is 3.52. The molecule has 4 nitrogen and oxygen atoms in total. The van der Waals surface area contributed by atoms with Crippen LogP contribution in [0.25, 0.3) is 6.08 Å². The summed E-state index contributed by atoms with van der Waals surface area (Å²) in [6.07, 6.45) is 2.35. The van der Waals surface area contributed by atoms with Crippen molar-refractivity contribution in [1.82, 2.24) is 0 Å². The lowest BCUT2D eigenvalue weighted by molar-refractivity contribution is -0.136. The minimum Gasteiger partial charge on any atom is -0.496 e. The summed E-state index contributed by atoms with van der Waals surface area (Å²) in [6, 6.07) is 5.29. The standard InChI is InChI=1S/C13H17NO3/c1-4-9(13(15)17-3)7-10-5-6-11(14)8-12(10)16-2/h5-8H,4,14H2,1-3H3/b9-7+. The first-order valence-corrected chi connectivity index (χ1v) is 5.34. The number of anilines is 1. The van der Waals surface area contributed by atoms with E-state index in [4.69, 9.17) is 15.2 Å². The number of nitrogen functional groups attached to an aromatic ring is 1. The summed E-state index contributed by atoms with van der Waals surface area (Å²) >= 11 is 0. The number of esters is 1. The van der Waals surface area contributed by atoms with E-state index in [0.29, 0.717) is 23.4 Å². The van der Waals surface area contributed by atoms with Crippen LogP contribution in [0.4, 0.5) is 5.69 Å². The molecule has 92 valence electrons. The molecule has 0 amide bonds. The van der Waals surface area contributed by atoms with Crippen LogP contribution in [0.3, 0.4) is 0 Å². The van der Waals surface area contributed by atoms with Gasteiger partial charge in [0, 0.05) is 22.9 Å². The molecule has 1 aromatic carbocycles. The number of rotatable bonds is 4. The Hall–Kier alpha value is -1.97. The van der Waals surface area contributed by atoms with E-state index in [1.54, 1.807) is 25.3 Å². The predicted octanol–water partition coefficient (Wildman–Crippen LogP) is 2.24. The van der Waals surface area contributed by atoms with Gasteiger partial charge in [-0.2, -0.15) is 0 Å². The zero-order valence-electron chi connectivity index (χ0n) is 10.3. The van der Waals surface area contributed by atoms with Crippen LogP contribution in [-0.2, 0) is 9.53 Å². The molecule has 0 radical (unpaired) electrons. The zero-order chi connectivity index (χ0) is 12.8. The topological polar surface area (TPSA) is 61.5 Å². The molecule has 0 saturated heterocycles. The monoisotopic (exact) mass is 235 g/mol. The maximum Gasteiger partial charge on any atom is 0.333 e. The largest absolute Gasteiger partial charge is 0.496 e. The summed E-state index contributed by atoms with van der Waals surface area (Å²) in [5.41, 5.74) is 7.68. The SMILES string of the molecule is CC/C(=C\c1ccc(N)cc1OC)C(=O)OC. The first-order valence-electron chi connectivity index (χ1n) is 5.34. The molecule has 17 heavy (non-hydrogen) atoms. The first kappa shape index (κ1) is 13.1. The van der Waals surface area contributed by atoms with Gasteiger partial charge >= 0.3 is 5.97 Å². The number of ether oxygens (including phenoxy) is 2. The maximum atomic E-state index is 11.5. The van der Waals surface area contributed by atoms with Crippen LogP contribution in [0.1, 0.15) is 18.9 Å². The first-order chi connectivity index (χ1) is 8.12. The van der Waals surface area contributed by atoms with E-state index >= 15 is 0 Å². The number of benzene rings is 1. The Morgan fingerprint density at radius 2 is 2.12 bits per heavy atom. The van der Waals surface area contributed by atoms with Gasteiger partial charge in [0.2, 0.25) is 0 Å². The maximum absolute atomic E-state index is 11.5. The van der Waals surface area contributed by atoms with Crippen LogP contribution in [-0.4, -0.2) is 20.2 Å². The summed E-state index contributed by atoms with van der Waals surface area (Å²) < 4.78 is 9.91. The smallest absolute Gasteiger partial charge is 0.333 e. The van der Waals surface area contributed by atoms with Crippen LogP contribution in [0, 0.1) is 0 Å². The van der Waals surface area contributed by atoms with Crippen molar-refractivity contribution in [2.24, 2.45) is 0 Å². The Balaban J connectivity index is 3.15. The third-order valence-corrected chi connectivity index (χ3v) is 2.42. The van der Waals surface area contributed by atoms with E-state index in [9.17, 15) is 4.79 Å². The molecular formula is C13H17NO3. The molecule has 0 spiro atoms. The van der Waals surface area contributed by atoms with Gasteiger partial charge < -0.3 is 15.2 Å². The van der Waals surface area contributed by atoms with Gasteiger partial charge in [0.25, 0.3) is 0 Å². The highest BCUT2D eigenvalue weighted by molar-refractivity contribution is 5.94. The second-order valence-electron chi connectivity index (χ2n) is 3.52. The van der Waals surface area contributed by atoms with Crippen molar-refractivity contribution in [3.05, 3.63) is 29.3 Å². The van der Waals surface area contributed by atoms with Crippen LogP contribution < -0.4 is 10.5 Å². The Morgan fingerprint density at radius 3 is 2.65 bits per heavy atom. The van der Waals surface area contributed by atoms with E-state index in [2.05, 4.69) is 0 Å². The molecule has 2 N–H and O–H groups in total. The molecule has 0 aliphatic heterocycles. The predicted molar refractivity (Wildman–Crippen MR) is 67.7 cm³/mol. The molecular weight excluding hydrogens is 218 g/mol. The lowest BCUT2D eigenvalue weighted by Crippen LogP contribution is -2.03. The highest BCUT2D eigenvalue weighted by atomic mass is 16.5. The Bertz CT molecular complexity index is 438. The third kappa shape index (κ3) is 3.24. The highest BCUT2D eigenvalue weighted by Gasteiger charge is 2.09. The summed E-state index contributed by atoms with van der Waals surface area (Å²) in [7, 11) is 2.93. The Kier molecular flexibility index (Phi) is 4.57. The van der Waals surface area contributed by atoms with Gasteiger partial charge in [-0.25, -0.2) is 4.79 Å². The van der Waals surface area contributed by atoms with Crippen molar-refractivity contribution in [3.63, 3.8) is 0 Å². The lowest BCUT2D eigenvalue weighted by atomic mass is 10.1. The van der Waals surface area contributed by atoms with Crippen molar-refractivity contribution in [3.8, 4) is 5.75 Å². The van der Waals surface area contributed by atoms with Crippen LogP contribution in [0.2, 0.25) is 0 Å². The number of carbonyl (C=O) groups is 1. The van der Waals surface area contributed by atoms with Crippen LogP contribution >= 0.6 is 0 Å². The zero-order valence-corrected chi connectivity index (χ0v) is 10.3. The van der Waals surface area contributed by atoms with Crippen molar-refractivity contribution >= 4 is 17.7 Å². The molecule has 0 fully saturated rings. The van der Waals surface area contributed by atoms with Crippen molar-refractivity contribution in [2.75, 3.05) is 20.0 Å². The van der Waals surface area contributed by atoms with Gasteiger partial charge in [-0.05, 0) is 24.6 Å². The number of nitrogens with two attached hydrogens (primary N) is 1. The van der Waals surface area contributed by atoms with Gasteiger partial charge in [0.1, 0.15) is 5.75 Å². The number of hydrogen-bond donors (Lipinski definition) is 1. The average Bonchev–Trinajstić information content (AvgIpc) is 2.36. The van der Waals surface area contributed by atoms with E-state index < -0.39 is 0 Å². The van der Waals surface area contributed by atoms with Crippen LogP contribution in [0.5, 0.6) is 5.75 Å². The minimum absolute atomic E-state index is 0.327. The van der Waals surface area contributed by atoms with Crippen LogP contribution in [0.15, 0.2) is 23.8 Å². The summed E-state index contributed by atoms with van der Waals surface area (Å²) in [6.45, 7) is 1.90. The molecule has 0 bridgehead atoms. The number of methoxy groups -OCH3 is 2. The quantitative estimate of drug-likeness (QED) is 0.494. The van der Waals surface area contributed by atoms with Gasteiger partial charge in [0.05, 0.1) is 14.2 Å². The van der Waals surface area contributed by atoms with E-state index in [-0.39, 0.29) is 5.97 Å². The molecule has 0 aliphatic carbocycles. The minimum atomic E-state index is -0.327. The fraction of sp³-hybridized carbons (Fsp3) is 0.308. The Morgan fingerprint density at radius 1 is 1.41 bits per heavy atom. The molecule has 0 saturated carbocycles. The summed E-state index contributed by atoms with van der Waals surface area (Å²) in [5, 5.41) is 0. The average molecular weight is 235 g/mol. The number of carbonyl (C=O) groups excluding carboxylic acids is 1. The highest BCUT2D eigenvalue weighted by Crippen LogP contribution is 2.24. The second kappa shape index (κ2) is 5.94. The van der Waals surface area contributed by atoms with E-state index in [0.717, 1.165) is 5.56 Å². The molecule has 0 aromatic heterocycles. The molecule has 1 aromatic rings. The molecule has 0 heterocycles. The van der Waals surface area contributed by atoms with Crippen molar-refractivity contribution < 1.29 is 14.3 Å². The number of hydrogen-bond acceptors (Lipinski definition) is 4. The Labute approximate surface area is 101 Å². The van der Waals surface area contributed by atoms with Gasteiger partial charge in [-0.15, -0.1) is 0 Å². The van der Waals surface area contributed by atoms with Crippen molar-refractivity contribution in [2.45, 2.75) is 13.3 Å². The van der Waals surface area contributed by atoms with Crippen molar-refractivity contribution in [1.29, 1.82) is 0 Å². The molecule has 0 atom stereocenters.